The zero-order valence-electron chi connectivity index (χ0n) is 11.3. The molecule has 1 saturated carbocycles. The molecular formula is C13H24N2O3. The van der Waals surface area contributed by atoms with Crippen LogP contribution >= 0.6 is 0 Å². The number of hydrogen-bond acceptors (Lipinski definition) is 3. The summed E-state index contributed by atoms with van der Waals surface area (Å²) >= 11 is 0. The third-order valence-electron chi connectivity index (χ3n) is 3.16. The second-order valence-corrected chi connectivity index (χ2v) is 5.43. The van der Waals surface area contributed by atoms with Crippen molar-refractivity contribution in [3.63, 3.8) is 0 Å². The number of hydrogen-bond donors (Lipinski definition) is 3. The summed E-state index contributed by atoms with van der Waals surface area (Å²) in [5, 5.41) is 15.3. The second kappa shape index (κ2) is 6.73. The largest absolute Gasteiger partial charge is 0.388 e. The lowest BCUT2D eigenvalue weighted by molar-refractivity contribution is -0.124. The third-order valence-corrected chi connectivity index (χ3v) is 3.16. The van der Waals surface area contributed by atoms with Gasteiger partial charge in [-0.3, -0.25) is 9.59 Å². The highest BCUT2D eigenvalue weighted by molar-refractivity contribution is 5.79. The molecule has 0 aliphatic heterocycles. The first-order chi connectivity index (χ1) is 8.41. The quantitative estimate of drug-likeness (QED) is 0.628. The summed E-state index contributed by atoms with van der Waals surface area (Å²) in [4.78, 5) is 22.8. The number of rotatable bonds is 7. The van der Waals surface area contributed by atoms with Crippen molar-refractivity contribution in [3.8, 4) is 0 Å². The third kappa shape index (κ3) is 5.49. The van der Waals surface area contributed by atoms with E-state index in [1.54, 1.807) is 0 Å². The highest BCUT2D eigenvalue weighted by Crippen LogP contribution is 2.30. The molecule has 0 radical (unpaired) electrons. The summed E-state index contributed by atoms with van der Waals surface area (Å²) in [6.45, 7) is 4.15. The molecule has 18 heavy (non-hydrogen) atoms. The lowest BCUT2D eigenvalue weighted by atomic mass is 9.80. The van der Waals surface area contributed by atoms with Gasteiger partial charge in [0, 0.05) is 25.4 Å². The first kappa shape index (κ1) is 15.0. The van der Waals surface area contributed by atoms with E-state index in [-0.39, 0.29) is 17.9 Å². The van der Waals surface area contributed by atoms with Crippen LogP contribution < -0.4 is 10.6 Å². The minimum absolute atomic E-state index is 0.0181. The molecule has 0 unspecified atom stereocenters. The van der Waals surface area contributed by atoms with Crippen LogP contribution in [0.4, 0.5) is 0 Å². The van der Waals surface area contributed by atoms with Crippen molar-refractivity contribution < 1.29 is 14.7 Å². The molecule has 104 valence electrons. The van der Waals surface area contributed by atoms with E-state index in [4.69, 9.17) is 0 Å². The molecule has 0 aromatic rings. The summed E-state index contributed by atoms with van der Waals surface area (Å²) in [6.07, 6.45) is 3.82. The van der Waals surface area contributed by atoms with Gasteiger partial charge in [0.05, 0.1) is 5.60 Å². The zero-order chi connectivity index (χ0) is 13.6. The Morgan fingerprint density at radius 3 is 2.33 bits per heavy atom. The number of carbonyl (C=O) groups is 2. The monoisotopic (exact) mass is 256 g/mol. The Morgan fingerprint density at radius 1 is 1.22 bits per heavy atom. The van der Waals surface area contributed by atoms with Crippen molar-refractivity contribution in [2.24, 2.45) is 0 Å². The first-order valence-corrected chi connectivity index (χ1v) is 6.70. The van der Waals surface area contributed by atoms with E-state index < -0.39 is 5.60 Å². The van der Waals surface area contributed by atoms with Crippen LogP contribution in [0, 0.1) is 0 Å². The SMILES string of the molecule is CC(C)NC(=O)CCCC(=O)NCC1(O)CCC1. The van der Waals surface area contributed by atoms with Crippen LogP contribution in [-0.4, -0.2) is 35.1 Å². The molecule has 1 aliphatic carbocycles. The van der Waals surface area contributed by atoms with E-state index in [1.165, 1.54) is 0 Å². The molecule has 2 amide bonds. The van der Waals surface area contributed by atoms with Gasteiger partial charge in [-0.2, -0.15) is 0 Å². The van der Waals surface area contributed by atoms with Gasteiger partial charge in [0.1, 0.15) is 0 Å². The minimum atomic E-state index is -0.676. The van der Waals surface area contributed by atoms with Gasteiger partial charge in [-0.25, -0.2) is 0 Å². The van der Waals surface area contributed by atoms with Crippen molar-refractivity contribution >= 4 is 11.8 Å². The predicted octanol–water partition coefficient (Wildman–Crippen LogP) is 0.712. The maximum Gasteiger partial charge on any atom is 0.220 e. The van der Waals surface area contributed by atoms with E-state index in [9.17, 15) is 14.7 Å². The van der Waals surface area contributed by atoms with Crippen LogP contribution in [0.5, 0.6) is 0 Å². The van der Waals surface area contributed by atoms with Crippen LogP contribution in [0.25, 0.3) is 0 Å². The van der Waals surface area contributed by atoms with E-state index >= 15 is 0 Å². The molecule has 0 atom stereocenters. The van der Waals surface area contributed by atoms with Gasteiger partial charge in [-0.1, -0.05) is 0 Å². The summed E-state index contributed by atoms with van der Waals surface area (Å²) < 4.78 is 0. The van der Waals surface area contributed by atoms with Crippen LogP contribution in [0.15, 0.2) is 0 Å². The van der Waals surface area contributed by atoms with Gasteiger partial charge in [-0.15, -0.1) is 0 Å². The predicted molar refractivity (Wildman–Crippen MR) is 68.9 cm³/mol. The molecule has 0 spiro atoms. The van der Waals surface area contributed by atoms with Crippen LogP contribution in [0.3, 0.4) is 0 Å². The molecule has 1 rings (SSSR count). The number of amides is 2. The lowest BCUT2D eigenvalue weighted by Gasteiger charge is -2.36. The van der Waals surface area contributed by atoms with Crippen LogP contribution in [-0.2, 0) is 9.59 Å². The summed E-state index contributed by atoms with van der Waals surface area (Å²) in [7, 11) is 0. The number of aliphatic hydroxyl groups is 1. The van der Waals surface area contributed by atoms with Crippen molar-refractivity contribution in [2.45, 2.75) is 64.0 Å². The Kier molecular flexibility index (Phi) is 5.59. The Balaban J connectivity index is 2.04. The highest BCUT2D eigenvalue weighted by atomic mass is 16.3. The van der Waals surface area contributed by atoms with Crippen molar-refractivity contribution in [1.82, 2.24) is 10.6 Å². The number of nitrogens with one attached hydrogen (secondary N) is 2. The average Bonchev–Trinajstić information content (AvgIpc) is 2.22. The first-order valence-electron chi connectivity index (χ1n) is 6.70. The fourth-order valence-electron chi connectivity index (χ4n) is 1.92. The van der Waals surface area contributed by atoms with Crippen molar-refractivity contribution in [1.29, 1.82) is 0 Å². The molecular weight excluding hydrogens is 232 g/mol. The van der Waals surface area contributed by atoms with Crippen molar-refractivity contribution in [2.75, 3.05) is 6.54 Å². The Labute approximate surface area is 108 Å². The van der Waals surface area contributed by atoms with E-state index in [0.29, 0.717) is 25.8 Å². The van der Waals surface area contributed by atoms with Gasteiger partial charge in [0.2, 0.25) is 11.8 Å². The van der Waals surface area contributed by atoms with E-state index in [0.717, 1.165) is 19.3 Å². The molecule has 0 bridgehead atoms. The maximum absolute atomic E-state index is 11.5. The molecule has 3 N–H and O–H groups in total. The molecule has 0 aromatic carbocycles. The molecule has 1 fully saturated rings. The van der Waals surface area contributed by atoms with Gasteiger partial charge in [-0.05, 0) is 39.5 Å². The Bertz CT molecular complexity index is 299. The molecule has 0 saturated heterocycles. The summed E-state index contributed by atoms with van der Waals surface area (Å²) in [5.74, 6) is -0.108. The Morgan fingerprint density at radius 2 is 1.83 bits per heavy atom. The topological polar surface area (TPSA) is 78.4 Å². The Hall–Kier alpha value is -1.10. The highest BCUT2D eigenvalue weighted by Gasteiger charge is 2.34. The molecule has 1 aliphatic rings. The van der Waals surface area contributed by atoms with Gasteiger partial charge >= 0.3 is 0 Å². The van der Waals surface area contributed by atoms with Crippen molar-refractivity contribution in [3.05, 3.63) is 0 Å². The van der Waals surface area contributed by atoms with E-state index in [2.05, 4.69) is 10.6 Å². The second-order valence-electron chi connectivity index (χ2n) is 5.43. The smallest absolute Gasteiger partial charge is 0.220 e. The van der Waals surface area contributed by atoms with Crippen LogP contribution in [0.1, 0.15) is 52.4 Å². The molecule has 5 heteroatoms. The number of carbonyl (C=O) groups excluding carboxylic acids is 2. The maximum atomic E-state index is 11.5. The lowest BCUT2D eigenvalue weighted by Crippen LogP contribution is -2.47. The fraction of sp³-hybridized carbons (Fsp3) is 0.846. The summed E-state index contributed by atoms with van der Waals surface area (Å²) in [5.41, 5.74) is -0.676. The van der Waals surface area contributed by atoms with Gasteiger partial charge < -0.3 is 15.7 Å². The molecule has 5 nitrogen and oxygen atoms in total. The standard InChI is InChI=1S/C13H24N2O3/c1-10(2)15-12(17)6-3-5-11(16)14-9-13(18)7-4-8-13/h10,18H,3-9H2,1-2H3,(H,14,16)(H,15,17). The minimum Gasteiger partial charge on any atom is -0.388 e. The van der Waals surface area contributed by atoms with Crippen LogP contribution in [0.2, 0.25) is 0 Å². The van der Waals surface area contributed by atoms with E-state index in [1.807, 2.05) is 13.8 Å². The van der Waals surface area contributed by atoms with Gasteiger partial charge in [0.15, 0.2) is 0 Å². The molecule has 0 heterocycles. The molecule has 0 aromatic heterocycles. The fourth-order valence-corrected chi connectivity index (χ4v) is 1.92. The van der Waals surface area contributed by atoms with Gasteiger partial charge in [0.25, 0.3) is 0 Å². The zero-order valence-corrected chi connectivity index (χ0v) is 11.3. The normalized spacial score (nSPS) is 17.1. The summed E-state index contributed by atoms with van der Waals surface area (Å²) in [6, 6.07) is 0.138. The average molecular weight is 256 g/mol.